The van der Waals surface area contributed by atoms with Crippen LogP contribution in [-0.2, 0) is 0 Å². The first kappa shape index (κ1) is 16.1. The molecular formula is C19H23FN4O. The number of hydrogen-bond donors (Lipinski definition) is 1. The molecule has 1 atom stereocenters. The van der Waals surface area contributed by atoms with Crippen LogP contribution in [0, 0.1) is 12.7 Å². The van der Waals surface area contributed by atoms with Gasteiger partial charge in [0.05, 0.1) is 11.7 Å². The van der Waals surface area contributed by atoms with E-state index in [4.69, 9.17) is 0 Å². The van der Waals surface area contributed by atoms with Crippen LogP contribution in [0.15, 0.2) is 30.5 Å². The number of imidazole rings is 1. The molecule has 1 saturated carbocycles. The highest BCUT2D eigenvalue weighted by atomic mass is 19.1. The topological polar surface area (TPSA) is 50.2 Å². The maximum atomic E-state index is 13.8. The average molecular weight is 342 g/mol. The van der Waals surface area contributed by atoms with E-state index < -0.39 is 5.82 Å². The number of nitrogens with one attached hydrogen (secondary N) is 1. The lowest BCUT2D eigenvalue weighted by Crippen LogP contribution is -2.43. The number of nitrogens with zero attached hydrogens (tertiary/aromatic N) is 3. The molecule has 2 aliphatic rings. The number of rotatable bonds is 3. The van der Waals surface area contributed by atoms with Gasteiger partial charge < -0.3 is 14.8 Å². The van der Waals surface area contributed by atoms with Crippen molar-refractivity contribution in [3.63, 3.8) is 0 Å². The van der Waals surface area contributed by atoms with E-state index in [9.17, 15) is 9.18 Å². The highest BCUT2D eigenvalue weighted by Gasteiger charge is 2.33. The van der Waals surface area contributed by atoms with Gasteiger partial charge in [0.2, 0.25) is 0 Å². The Hall–Kier alpha value is -2.37. The number of halogens is 1. The number of carbonyl (C=O) groups excluding carboxylic acids is 1. The lowest BCUT2D eigenvalue weighted by atomic mass is 10.0. The Morgan fingerprint density at radius 3 is 2.84 bits per heavy atom. The van der Waals surface area contributed by atoms with Crippen molar-refractivity contribution in [2.75, 3.05) is 18.4 Å². The summed E-state index contributed by atoms with van der Waals surface area (Å²) in [5, 5.41) is 2.70. The number of para-hydroxylation sites is 1. The number of aromatic nitrogens is 2. The van der Waals surface area contributed by atoms with Crippen molar-refractivity contribution in [3.8, 4) is 0 Å². The molecule has 0 spiro atoms. The van der Waals surface area contributed by atoms with Gasteiger partial charge in [-0.3, -0.25) is 0 Å². The van der Waals surface area contributed by atoms with Crippen LogP contribution in [0.25, 0.3) is 0 Å². The number of anilines is 1. The standard InChI is InChI=1S/C19H23FN4O/c1-13-11-21-18(14-8-9-14)24(13)15-5-4-10-23(12-15)19(25)22-17-7-3-2-6-16(17)20/h2-3,6-7,11,14-15H,4-5,8-10,12H2,1H3,(H,22,25). The third kappa shape index (κ3) is 3.25. The first-order chi connectivity index (χ1) is 12.1. The SMILES string of the molecule is Cc1cnc(C2CC2)n1C1CCCN(C(=O)Nc2ccccc2F)C1. The molecule has 2 aromatic rings. The van der Waals surface area contributed by atoms with Crippen LogP contribution in [0.4, 0.5) is 14.9 Å². The van der Waals surface area contributed by atoms with Gasteiger partial charge in [0.15, 0.2) is 0 Å². The number of aryl methyl sites for hydroxylation is 1. The first-order valence-electron chi connectivity index (χ1n) is 8.97. The molecule has 4 rings (SSSR count). The number of hydrogen-bond acceptors (Lipinski definition) is 2. The highest BCUT2D eigenvalue weighted by Crippen LogP contribution is 2.41. The van der Waals surface area contributed by atoms with Crippen molar-refractivity contribution in [3.05, 3.63) is 47.8 Å². The summed E-state index contributed by atoms with van der Waals surface area (Å²) < 4.78 is 16.1. The molecule has 132 valence electrons. The van der Waals surface area contributed by atoms with E-state index in [0.29, 0.717) is 19.0 Å². The fourth-order valence-electron chi connectivity index (χ4n) is 3.69. The van der Waals surface area contributed by atoms with Gasteiger partial charge >= 0.3 is 6.03 Å². The monoisotopic (exact) mass is 342 g/mol. The minimum Gasteiger partial charge on any atom is -0.327 e. The Labute approximate surface area is 146 Å². The second-order valence-corrected chi connectivity index (χ2v) is 7.05. The number of likely N-dealkylation sites (tertiary alicyclic amines) is 1. The van der Waals surface area contributed by atoms with E-state index in [1.807, 2.05) is 6.20 Å². The Morgan fingerprint density at radius 1 is 1.28 bits per heavy atom. The lowest BCUT2D eigenvalue weighted by Gasteiger charge is -2.34. The molecule has 1 aliphatic heterocycles. The summed E-state index contributed by atoms with van der Waals surface area (Å²) in [5.41, 5.74) is 1.38. The van der Waals surface area contributed by atoms with Crippen molar-refractivity contribution in [2.24, 2.45) is 0 Å². The predicted octanol–water partition coefficient (Wildman–Crippen LogP) is 4.08. The summed E-state index contributed by atoms with van der Waals surface area (Å²) in [6.45, 7) is 3.41. The van der Waals surface area contributed by atoms with Crippen LogP contribution < -0.4 is 5.32 Å². The zero-order valence-electron chi connectivity index (χ0n) is 14.4. The van der Waals surface area contributed by atoms with Gasteiger partial charge in [-0.2, -0.15) is 0 Å². The van der Waals surface area contributed by atoms with Crippen LogP contribution in [0.2, 0.25) is 0 Å². The summed E-state index contributed by atoms with van der Waals surface area (Å²) in [6, 6.07) is 6.28. The van der Waals surface area contributed by atoms with Crippen molar-refractivity contribution in [2.45, 2.75) is 44.6 Å². The summed E-state index contributed by atoms with van der Waals surface area (Å²) in [6.07, 6.45) is 6.34. The van der Waals surface area contributed by atoms with Gasteiger partial charge in [-0.05, 0) is 44.7 Å². The molecule has 1 unspecified atom stereocenters. The predicted molar refractivity (Wildman–Crippen MR) is 94.2 cm³/mol. The van der Waals surface area contributed by atoms with Crippen molar-refractivity contribution in [1.29, 1.82) is 0 Å². The fraction of sp³-hybridized carbons (Fsp3) is 0.474. The van der Waals surface area contributed by atoms with Gasteiger partial charge in [-0.25, -0.2) is 14.2 Å². The summed E-state index contributed by atoms with van der Waals surface area (Å²) in [4.78, 5) is 19.0. The van der Waals surface area contributed by atoms with Gasteiger partial charge in [0.25, 0.3) is 0 Å². The molecule has 1 N–H and O–H groups in total. The lowest BCUT2D eigenvalue weighted by molar-refractivity contribution is 0.177. The molecular weight excluding hydrogens is 319 g/mol. The van der Waals surface area contributed by atoms with E-state index in [-0.39, 0.29) is 17.8 Å². The van der Waals surface area contributed by atoms with E-state index >= 15 is 0 Å². The molecule has 0 bridgehead atoms. The zero-order valence-corrected chi connectivity index (χ0v) is 14.4. The van der Waals surface area contributed by atoms with E-state index in [2.05, 4.69) is 21.8 Å². The molecule has 2 amide bonds. The normalized spacial score (nSPS) is 20.6. The summed E-state index contributed by atoms with van der Waals surface area (Å²) in [5.74, 6) is 1.33. The van der Waals surface area contributed by atoms with Crippen molar-refractivity contribution < 1.29 is 9.18 Å². The number of urea groups is 1. The Kier molecular flexibility index (Phi) is 4.19. The third-order valence-electron chi connectivity index (χ3n) is 5.12. The number of carbonyl (C=O) groups is 1. The maximum absolute atomic E-state index is 13.8. The zero-order chi connectivity index (χ0) is 17.4. The minimum atomic E-state index is -0.411. The van der Waals surface area contributed by atoms with Gasteiger partial charge in [-0.1, -0.05) is 12.1 Å². The molecule has 2 fully saturated rings. The van der Waals surface area contributed by atoms with E-state index in [1.165, 1.54) is 24.7 Å². The maximum Gasteiger partial charge on any atom is 0.321 e. The third-order valence-corrected chi connectivity index (χ3v) is 5.12. The van der Waals surface area contributed by atoms with E-state index in [1.54, 1.807) is 23.1 Å². The molecule has 2 heterocycles. The average Bonchev–Trinajstić information content (AvgIpc) is 3.39. The van der Waals surface area contributed by atoms with Gasteiger partial charge in [0.1, 0.15) is 11.6 Å². The van der Waals surface area contributed by atoms with Gasteiger partial charge in [0, 0.05) is 30.9 Å². The van der Waals surface area contributed by atoms with Crippen molar-refractivity contribution >= 4 is 11.7 Å². The Balaban J connectivity index is 1.49. The minimum absolute atomic E-state index is 0.229. The van der Waals surface area contributed by atoms with Crippen LogP contribution in [0.3, 0.4) is 0 Å². The molecule has 1 aromatic heterocycles. The van der Waals surface area contributed by atoms with Gasteiger partial charge in [-0.15, -0.1) is 0 Å². The molecule has 1 aliphatic carbocycles. The second kappa shape index (κ2) is 6.50. The van der Waals surface area contributed by atoms with E-state index in [0.717, 1.165) is 18.5 Å². The molecule has 0 radical (unpaired) electrons. The van der Waals surface area contributed by atoms with Crippen LogP contribution in [0.5, 0.6) is 0 Å². The molecule has 1 aromatic carbocycles. The number of benzene rings is 1. The van der Waals surface area contributed by atoms with Crippen LogP contribution >= 0.6 is 0 Å². The Bertz CT molecular complexity index is 783. The second-order valence-electron chi connectivity index (χ2n) is 7.05. The largest absolute Gasteiger partial charge is 0.327 e. The quantitative estimate of drug-likeness (QED) is 0.914. The smallest absolute Gasteiger partial charge is 0.321 e. The van der Waals surface area contributed by atoms with Crippen LogP contribution in [-0.4, -0.2) is 33.6 Å². The fourth-order valence-corrected chi connectivity index (χ4v) is 3.69. The van der Waals surface area contributed by atoms with Crippen LogP contribution in [0.1, 0.15) is 49.2 Å². The number of amides is 2. The molecule has 25 heavy (non-hydrogen) atoms. The Morgan fingerprint density at radius 2 is 2.08 bits per heavy atom. The molecule has 5 nitrogen and oxygen atoms in total. The first-order valence-corrected chi connectivity index (χ1v) is 8.97. The highest BCUT2D eigenvalue weighted by molar-refractivity contribution is 5.89. The molecule has 6 heteroatoms. The summed E-state index contributed by atoms with van der Waals surface area (Å²) >= 11 is 0. The summed E-state index contributed by atoms with van der Waals surface area (Å²) in [7, 11) is 0. The molecule has 1 saturated heterocycles. The van der Waals surface area contributed by atoms with Crippen molar-refractivity contribution in [1.82, 2.24) is 14.5 Å². The number of piperidine rings is 1.